The van der Waals surface area contributed by atoms with Crippen molar-refractivity contribution in [2.24, 2.45) is 5.73 Å². The quantitative estimate of drug-likeness (QED) is 0.641. The van der Waals surface area contributed by atoms with Gasteiger partial charge in [0.25, 0.3) is 5.91 Å². The van der Waals surface area contributed by atoms with Gasteiger partial charge in [-0.1, -0.05) is 12.1 Å². The maximum absolute atomic E-state index is 14.2. The van der Waals surface area contributed by atoms with Gasteiger partial charge in [0.15, 0.2) is 0 Å². The van der Waals surface area contributed by atoms with Crippen molar-refractivity contribution in [3.8, 4) is 11.6 Å². The van der Waals surface area contributed by atoms with Gasteiger partial charge in [-0.25, -0.2) is 13.8 Å². The molecule has 0 bridgehead atoms. The molecule has 0 radical (unpaired) electrons. The van der Waals surface area contributed by atoms with Gasteiger partial charge in [0, 0.05) is 18.3 Å². The fraction of sp³-hybridized carbons (Fsp3) is 0.0952. The number of amides is 2. The number of benzene rings is 2. The van der Waals surface area contributed by atoms with Gasteiger partial charge in [0.05, 0.1) is 6.42 Å². The molecular formula is C21H17F2N3O3. The zero-order chi connectivity index (χ0) is 20.8. The molecule has 3 aromatic rings. The fourth-order valence-corrected chi connectivity index (χ4v) is 2.58. The minimum absolute atomic E-state index is 0.0360. The van der Waals surface area contributed by atoms with E-state index in [9.17, 15) is 18.4 Å². The minimum Gasteiger partial charge on any atom is -0.438 e. The van der Waals surface area contributed by atoms with Crippen LogP contribution in [-0.4, -0.2) is 16.8 Å². The SMILES string of the molecule is NC(=O)Cc1ccc(CNC(=O)c2cccnc2Oc2ccc(F)cc2)c(F)c1. The number of pyridine rings is 1. The summed E-state index contributed by atoms with van der Waals surface area (Å²) >= 11 is 0. The van der Waals surface area contributed by atoms with Crippen LogP contribution in [0.4, 0.5) is 8.78 Å². The normalized spacial score (nSPS) is 10.4. The summed E-state index contributed by atoms with van der Waals surface area (Å²) < 4.78 is 32.8. The number of aromatic nitrogens is 1. The molecule has 0 unspecified atom stereocenters. The lowest BCUT2D eigenvalue weighted by molar-refractivity contribution is -0.117. The molecule has 1 aromatic heterocycles. The molecule has 1 heterocycles. The Morgan fingerprint density at radius 3 is 2.52 bits per heavy atom. The minimum atomic E-state index is -0.560. The predicted octanol–water partition coefficient (Wildman–Crippen LogP) is 3.11. The molecule has 29 heavy (non-hydrogen) atoms. The zero-order valence-corrected chi connectivity index (χ0v) is 15.2. The Hall–Kier alpha value is -3.81. The molecule has 0 aliphatic rings. The highest BCUT2D eigenvalue weighted by Crippen LogP contribution is 2.23. The summed E-state index contributed by atoms with van der Waals surface area (Å²) in [6.07, 6.45) is 1.39. The molecule has 0 aliphatic heterocycles. The van der Waals surface area contributed by atoms with Crippen LogP contribution in [0.5, 0.6) is 11.6 Å². The first-order valence-electron chi connectivity index (χ1n) is 8.64. The Labute approximate surface area is 165 Å². The van der Waals surface area contributed by atoms with Gasteiger partial charge in [-0.3, -0.25) is 9.59 Å². The number of rotatable bonds is 7. The number of carbonyl (C=O) groups excluding carboxylic acids is 2. The largest absolute Gasteiger partial charge is 0.438 e. The molecule has 0 spiro atoms. The van der Waals surface area contributed by atoms with Crippen molar-refractivity contribution >= 4 is 11.8 Å². The summed E-state index contributed by atoms with van der Waals surface area (Å²) in [4.78, 5) is 27.5. The van der Waals surface area contributed by atoms with Gasteiger partial charge in [0.2, 0.25) is 11.8 Å². The van der Waals surface area contributed by atoms with E-state index in [1.807, 2.05) is 0 Å². The van der Waals surface area contributed by atoms with Gasteiger partial charge in [0.1, 0.15) is 22.9 Å². The van der Waals surface area contributed by atoms with Gasteiger partial charge in [-0.05, 0) is 48.0 Å². The van der Waals surface area contributed by atoms with Crippen molar-refractivity contribution in [1.82, 2.24) is 10.3 Å². The first-order chi connectivity index (χ1) is 13.9. The summed E-state index contributed by atoms with van der Waals surface area (Å²) in [5, 5.41) is 2.60. The lowest BCUT2D eigenvalue weighted by Gasteiger charge is -2.11. The van der Waals surface area contributed by atoms with Crippen molar-refractivity contribution < 1.29 is 23.1 Å². The Morgan fingerprint density at radius 1 is 1.07 bits per heavy atom. The van der Waals surface area contributed by atoms with Crippen molar-refractivity contribution in [2.75, 3.05) is 0 Å². The lowest BCUT2D eigenvalue weighted by Crippen LogP contribution is -2.24. The van der Waals surface area contributed by atoms with Crippen molar-refractivity contribution in [2.45, 2.75) is 13.0 Å². The average Bonchev–Trinajstić information content (AvgIpc) is 2.69. The third-order valence-corrected chi connectivity index (χ3v) is 3.98. The number of halogens is 2. The van der Waals surface area contributed by atoms with Gasteiger partial charge in [-0.2, -0.15) is 0 Å². The maximum Gasteiger partial charge on any atom is 0.257 e. The average molecular weight is 397 g/mol. The Balaban J connectivity index is 1.70. The summed E-state index contributed by atoms with van der Waals surface area (Å²) in [6.45, 7) is -0.0770. The maximum atomic E-state index is 14.2. The third-order valence-electron chi connectivity index (χ3n) is 3.98. The third kappa shape index (κ3) is 5.35. The van der Waals surface area contributed by atoms with Crippen LogP contribution in [0.2, 0.25) is 0 Å². The number of nitrogens with zero attached hydrogens (tertiary/aromatic N) is 1. The molecule has 3 N–H and O–H groups in total. The van der Waals surface area contributed by atoms with E-state index in [0.29, 0.717) is 11.3 Å². The first-order valence-corrected chi connectivity index (χ1v) is 8.64. The molecule has 2 amide bonds. The van der Waals surface area contributed by atoms with E-state index in [-0.39, 0.29) is 30.0 Å². The molecule has 0 atom stereocenters. The highest BCUT2D eigenvalue weighted by molar-refractivity contribution is 5.96. The monoisotopic (exact) mass is 397 g/mol. The van der Waals surface area contributed by atoms with Crippen LogP contribution in [0, 0.1) is 11.6 Å². The molecular weight excluding hydrogens is 380 g/mol. The van der Waals surface area contributed by atoms with Crippen molar-refractivity contribution in [1.29, 1.82) is 0 Å². The molecule has 0 saturated carbocycles. The summed E-state index contributed by atoms with van der Waals surface area (Å²) in [5.74, 6) is -1.70. The van der Waals surface area contributed by atoms with E-state index in [1.54, 1.807) is 12.1 Å². The van der Waals surface area contributed by atoms with Crippen LogP contribution < -0.4 is 15.8 Å². The van der Waals surface area contributed by atoms with Crippen LogP contribution in [0.25, 0.3) is 0 Å². The zero-order valence-electron chi connectivity index (χ0n) is 15.2. The second-order valence-corrected chi connectivity index (χ2v) is 6.16. The Kier molecular flexibility index (Phi) is 6.13. The second-order valence-electron chi connectivity index (χ2n) is 6.16. The predicted molar refractivity (Wildman–Crippen MR) is 101 cm³/mol. The van der Waals surface area contributed by atoms with Crippen molar-refractivity contribution in [3.05, 3.63) is 89.1 Å². The number of ether oxygens (including phenoxy) is 1. The number of primary amides is 1. The van der Waals surface area contributed by atoms with Crippen LogP contribution >= 0.6 is 0 Å². The van der Waals surface area contributed by atoms with E-state index >= 15 is 0 Å². The van der Waals surface area contributed by atoms with Gasteiger partial charge in [-0.15, -0.1) is 0 Å². The van der Waals surface area contributed by atoms with Crippen LogP contribution in [0.1, 0.15) is 21.5 Å². The number of nitrogens with two attached hydrogens (primary N) is 1. The van der Waals surface area contributed by atoms with Crippen molar-refractivity contribution in [3.63, 3.8) is 0 Å². The highest BCUT2D eigenvalue weighted by atomic mass is 19.1. The molecule has 3 rings (SSSR count). The first kappa shape index (κ1) is 19.9. The van der Waals surface area contributed by atoms with Crippen LogP contribution in [0.15, 0.2) is 60.8 Å². The van der Waals surface area contributed by atoms with Gasteiger partial charge >= 0.3 is 0 Å². The van der Waals surface area contributed by atoms with E-state index in [1.165, 1.54) is 48.7 Å². The molecule has 6 nitrogen and oxygen atoms in total. The van der Waals surface area contributed by atoms with Gasteiger partial charge < -0.3 is 15.8 Å². The summed E-state index contributed by atoms with van der Waals surface area (Å²) in [7, 11) is 0. The Bertz CT molecular complexity index is 1040. The molecule has 0 fully saturated rings. The van der Waals surface area contributed by atoms with E-state index in [4.69, 9.17) is 10.5 Å². The van der Waals surface area contributed by atoms with E-state index in [2.05, 4.69) is 10.3 Å². The number of carbonyl (C=O) groups is 2. The molecule has 0 saturated heterocycles. The van der Waals surface area contributed by atoms with Crippen LogP contribution in [0.3, 0.4) is 0 Å². The Morgan fingerprint density at radius 2 is 1.83 bits per heavy atom. The lowest BCUT2D eigenvalue weighted by atomic mass is 10.1. The second kappa shape index (κ2) is 8.92. The topological polar surface area (TPSA) is 94.3 Å². The molecule has 2 aromatic carbocycles. The fourth-order valence-electron chi connectivity index (χ4n) is 2.58. The number of hydrogen-bond acceptors (Lipinski definition) is 4. The molecule has 8 heteroatoms. The number of nitrogens with one attached hydrogen (secondary N) is 1. The van der Waals surface area contributed by atoms with Crippen LogP contribution in [-0.2, 0) is 17.8 Å². The van der Waals surface area contributed by atoms with E-state index < -0.39 is 23.4 Å². The molecule has 148 valence electrons. The summed E-state index contributed by atoms with van der Waals surface area (Å²) in [6, 6.07) is 12.6. The van der Waals surface area contributed by atoms with E-state index in [0.717, 1.165) is 0 Å². The summed E-state index contributed by atoms with van der Waals surface area (Å²) in [5.41, 5.74) is 5.94. The number of hydrogen-bond donors (Lipinski definition) is 2. The standard InChI is InChI=1S/C21H17F2N3O3/c22-15-5-7-16(8-6-15)29-21-17(2-1-9-25-21)20(28)26-12-14-4-3-13(10-18(14)23)11-19(24)27/h1-10H,11-12H2,(H2,24,27)(H,26,28). The smallest absolute Gasteiger partial charge is 0.257 e. The molecule has 0 aliphatic carbocycles. The highest BCUT2D eigenvalue weighted by Gasteiger charge is 2.15.